The molecule has 6 heteroatoms. The first-order valence-electron chi connectivity index (χ1n) is 7.13. The molecule has 0 bridgehead atoms. The minimum Gasteiger partial charge on any atom is -0.508 e. The molecule has 3 aromatic rings. The highest BCUT2D eigenvalue weighted by atomic mass is 32.1. The van der Waals surface area contributed by atoms with Gasteiger partial charge in [-0.2, -0.15) is 0 Å². The van der Waals surface area contributed by atoms with E-state index in [4.69, 9.17) is 4.98 Å². The van der Waals surface area contributed by atoms with Gasteiger partial charge in [0.05, 0.1) is 17.1 Å². The first-order valence-corrected chi connectivity index (χ1v) is 8.76. The second kappa shape index (κ2) is 6.52. The fourth-order valence-electron chi connectivity index (χ4n) is 2.16. The van der Waals surface area contributed by atoms with Crippen LogP contribution in [0.4, 0.5) is 0 Å². The lowest BCUT2D eigenvalue weighted by Gasteiger charge is -1.97. The highest BCUT2D eigenvalue weighted by molar-refractivity contribution is 7.17. The number of rotatable bonds is 4. The summed E-state index contributed by atoms with van der Waals surface area (Å²) in [6, 6.07) is 11.1. The summed E-state index contributed by atoms with van der Waals surface area (Å²) in [6.07, 6.45) is 0. The van der Waals surface area contributed by atoms with E-state index in [1.165, 1.54) is 6.92 Å². The zero-order chi connectivity index (χ0) is 16.4. The molecule has 0 saturated carbocycles. The number of carbonyl (C=O) groups is 1. The Balaban J connectivity index is 1.86. The van der Waals surface area contributed by atoms with Gasteiger partial charge in [-0.15, -0.1) is 22.7 Å². The van der Waals surface area contributed by atoms with Gasteiger partial charge in [-0.25, -0.2) is 4.98 Å². The standard InChI is InChI=1S/C17H16N2O2S2/c1-10-16(15-8-7-14(23-15)9-18-11(2)20)19-17(22-10)12-3-5-13(21)6-4-12/h3-8,21H,9H2,1-2H3,(H,18,20). The minimum atomic E-state index is -0.0283. The van der Waals surface area contributed by atoms with Crippen LogP contribution < -0.4 is 5.32 Å². The van der Waals surface area contributed by atoms with E-state index < -0.39 is 0 Å². The molecule has 0 aliphatic carbocycles. The molecule has 2 N–H and O–H groups in total. The predicted octanol–water partition coefficient (Wildman–Crippen LogP) is 4.19. The first-order chi connectivity index (χ1) is 11.0. The number of hydrogen-bond acceptors (Lipinski definition) is 5. The van der Waals surface area contributed by atoms with Crippen molar-refractivity contribution in [2.24, 2.45) is 0 Å². The SMILES string of the molecule is CC(=O)NCc1ccc(-c2nc(-c3ccc(O)cc3)sc2C)s1. The molecule has 2 heterocycles. The van der Waals surface area contributed by atoms with Crippen molar-refractivity contribution >= 4 is 28.6 Å². The summed E-state index contributed by atoms with van der Waals surface area (Å²) < 4.78 is 0. The molecular formula is C17H16N2O2S2. The van der Waals surface area contributed by atoms with Crippen LogP contribution >= 0.6 is 22.7 Å². The third kappa shape index (κ3) is 3.60. The number of nitrogens with zero attached hydrogens (tertiary/aromatic N) is 1. The normalized spacial score (nSPS) is 10.7. The van der Waals surface area contributed by atoms with Gasteiger partial charge in [-0.3, -0.25) is 4.79 Å². The number of hydrogen-bond donors (Lipinski definition) is 2. The molecule has 0 radical (unpaired) electrons. The van der Waals surface area contributed by atoms with Gasteiger partial charge in [0, 0.05) is 22.2 Å². The zero-order valence-corrected chi connectivity index (χ0v) is 14.4. The third-order valence-corrected chi connectivity index (χ3v) is 5.43. The van der Waals surface area contributed by atoms with Crippen LogP contribution in [0, 0.1) is 6.92 Å². The summed E-state index contributed by atoms with van der Waals surface area (Å²) >= 11 is 3.28. The van der Waals surface area contributed by atoms with Crippen LogP contribution in [0.2, 0.25) is 0 Å². The van der Waals surface area contributed by atoms with Gasteiger partial charge >= 0.3 is 0 Å². The Morgan fingerprint density at radius 1 is 1.17 bits per heavy atom. The average Bonchev–Trinajstić information content (AvgIpc) is 3.12. The van der Waals surface area contributed by atoms with Crippen LogP contribution in [0.3, 0.4) is 0 Å². The first kappa shape index (κ1) is 15.7. The second-order valence-corrected chi connectivity index (χ2v) is 7.52. The van der Waals surface area contributed by atoms with Gasteiger partial charge in [0.25, 0.3) is 0 Å². The maximum atomic E-state index is 11.0. The van der Waals surface area contributed by atoms with E-state index in [9.17, 15) is 9.90 Å². The monoisotopic (exact) mass is 344 g/mol. The molecule has 4 nitrogen and oxygen atoms in total. The Morgan fingerprint density at radius 2 is 1.91 bits per heavy atom. The summed E-state index contributed by atoms with van der Waals surface area (Å²) in [6.45, 7) is 4.13. The number of aromatic nitrogens is 1. The molecule has 0 unspecified atom stereocenters. The van der Waals surface area contributed by atoms with E-state index >= 15 is 0 Å². The highest BCUT2D eigenvalue weighted by Gasteiger charge is 2.13. The molecule has 1 aromatic carbocycles. The number of aromatic hydroxyl groups is 1. The van der Waals surface area contributed by atoms with Gasteiger partial charge in [0.15, 0.2) is 0 Å². The lowest BCUT2D eigenvalue weighted by molar-refractivity contribution is -0.119. The summed E-state index contributed by atoms with van der Waals surface area (Å²) in [4.78, 5) is 19.1. The smallest absolute Gasteiger partial charge is 0.217 e. The van der Waals surface area contributed by atoms with Gasteiger partial charge in [0.1, 0.15) is 10.8 Å². The van der Waals surface area contributed by atoms with Gasteiger partial charge in [-0.05, 0) is 43.3 Å². The fraction of sp³-hybridized carbons (Fsp3) is 0.176. The van der Waals surface area contributed by atoms with E-state index in [1.807, 2.05) is 24.3 Å². The second-order valence-electron chi connectivity index (χ2n) is 5.15. The van der Waals surface area contributed by atoms with E-state index in [1.54, 1.807) is 34.8 Å². The van der Waals surface area contributed by atoms with Gasteiger partial charge in [-0.1, -0.05) is 0 Å². The number of phenols is 1. The number of nitrogens with one attached hydrogen (secondary N) is 1. The zero-order valence-electron chi connectivity index (χ0n) is 12.8. The van der Waals surface area contributed by atoms with Crippen molar-refractivity contribution in [1.82, 2.24) is 10.3 Å². The number of thiazole rings is 1. The van der Waals surface area contributed by atoms with Crippen LogP contribution in [0.5, 0.6) is 5.75 Å². The Labute approximate surface area is 142 Å². The van der Waals surface area contributed by atoms with Crippen molar-refractivity contribution in [2.45, 2.75) is 20.4 Å². The molecule has 0 spiro atoms. The molecule has 1 amide bonds. The van der Waals surface area contributed by atoms with Crippen LogP contribution in [0.1, 0.15) is 16.7 Å². The largest absolute Gasteiger partial charge is 0.508 e. The van der Waals surface area contributed by atoms with Crippen molar-refractivity contribution in [3.05, 3.63) is 46.2 Å². The van der Waals surface area contributed by atoms with Crippen molar-refractivity contribution in [3.63, 3.8) is 0 Å². The number of thiophene rings is 1. The van der Waals surface area contributed by atoms with E-state index in [2.05, 4.69) is 12.2 Å². The Kier molecular flexibility index (Phi) is 4.45. The van der Waals surface area contributed by atoms with Crippen LogP contribution in [-0.4, -0.2) is 16.0 Å². The van der Waals surface area contributed by atoms with Crippen LogP contribution in [0.15, 0.2) is 36.4 Å². The minimum absolute atomic E-state index is 0.0283. The third-order valence-electron chi connectivity index (χ3n) is 3.32. The summed E-state index contributed by atoms with van der Waals surface area (Å²) in [7, 11) is 0. The van der Waals surface area contributed by atoms with Gasteiger partial charge in [0.2, 0.25) is 5.91 Å². The molecule has 0 aliphatic heterocycles. The van der Waals surface area contributed by atoms with Crippen LogP contribution in [0.25, 0.3) is 21.1 Å². The molecule has 2 aromatic heterocycles. The Morgan fingerprint density at radius 3 is 2.61 bits per heavy atom. The maximum Gasteiger partial charge on any atom is 0.217 e. The summed E-state index contributed by atoms with van der Waals surface area (Å²) in [5.41, 5.74) is 1.98. The molecule has 0 saturated heterocycles. The molecular weight excluding hydrogens is 328 g/mol. The molecule has 23 heavy (non-hydrogen) atoms. The van der Waals surface area contributed by atoms with E-state index in [0.717, 1.165) is 30.9 Å². The quantitative estimate of drug-likeness (QED) is 0.746. The number of aryl methyl sites for hydroxylation is 1. The maximum absolute atomic E-state index is 11.0. The molecule has 0 atom stereocenters. The topological polar surface area (TPSA) is 62.2 Å². The molecule has 0 aliphatic rings. The van der Waals surface area contributed by atoms with Crippen molar-refractivity contribution in [2.75, 3.05) is 0 Å². The number of amides is 1. The van der Waals surface area contributed by atoms with Crippen molar-refractivity contribution < 1.29 is 9.90 Å². The molecule has 3 rings (SSSR count). The van der Waals surface area contributed by atoms with Gasteiger partial charge < -0.3 is 10.4 Å². The molecule has 0 fully saturated rings. The number of benzene rings is 1. The number of phenolic OH excluding ortho intramolecular Hbond substituents is 1. The van der Waals surface area contributed by atoms with Crippen molar-refractivity contribution in [1.29, 1.82) is 0 Å². The van der Waals surface area contributed by atoms with Crippen molar-refractivity contribution in [3.8, 4) is 26.9 Å². The van der Waals surface area contributed by atoms with E-state index in [0.29, 0.717) is 6.54 Å². The highest BCUT2D eigenvalue weighted by Crippen LogP contribution is 2.36. The Bertz CT molecular complexity index is 835. The Hall–Kier alpha value is -2.18. The average molecular weight is 344 g/mol. The summed E-state index contributed by atoms with van der Waals surface area (Å²) in [5.74, 6) is 0.225. The summed E-state index contributed by atoms with van der Waals surface area (Å²) in [5, 5.41) is 13.1. The number of carbonyl (C=O) groups excluding carboxylic acids is 1. The molecule has 118 valence electrons. The van der Waals surface area contributed by atoms with E-state index in [-0.39, 0.29) is 11.7 Å². The lowest BCUT2D eigenvalue weighted by Crippen LogP contribution is -2.17. The lowest BCUT2D eigenvalue weighted by atomic mass is 10.2. The predicted molar refractivity (Wildman–Crippen MR) is 94.8 cm³/mol. The van der Waals surface area contributed by atoms with Crippen LogP contribution in [-0.2, 0) is 11.3 Å². The fourth-order valence-corrected chi connectivity index (χ4v) is 4.16.